The molecule has 10 rings (SSSR count). The van der Waals surface area contributed by atoms with Crippen LogP contribution in [0.1, 0.15) is 64.9 Å². The van der Waals surface area contributed by atoms with Crippen molar-refractivity contribution in [2.75, 3.05) is 10.6 Å². The summed E-state index contributed by atoms with van der Waals surface area (Å²) in [6.45, 7) is 2.95. The summed E-state index contributed by atoms with van der Waals surface area (Å²) < 4.78 is 4.82. The van der Waals surface area contributed by atoms with Crippen LogP contribution in [0.15, 0.2) is 73.2 Å². The Morgan fingerprint density at radius 2 is 1.69 bits per heavy atom. The zero-order valence-corrected chi connectivity index (χ0v) is 27.3. The molecule has 10 nitrogen and oxygen atoms in total. The van der Waals surface area contributed by atoms with E-state index in [4.69, 9.17) is 5.10 Å². The molecule has 0 spiro atoms. The molecule has 48 heavy (non-hydrogen) atoms. The van der Waals surface area contributed by atoms with E-state index in [1.165, 1.54) is 49.9 Å². The Balaban J connectivity index is 1.01. The van der Waals surface area contributed by atoms with Crippen molar-refractivity contribution in [1.82, 2.24) is 24.1 Å². The van der Waals surface area contributed by atoms with Gasteiger partial charge in [0.15, 0.2) is 10.8 Å². The van der Waals surface area contributed by atoms with Gasteiger partial charge in [0, 0.05) is 29.6 Å². The first-order valence-corrected chi connectivity index (χ1v) is 17.4. The zero-order valence-electron chi connectivity index (χ0n) is 26.5. The van der Waals surface area contributed by atoms with Gasteiger partial charge in [-0.2, -0.15) is 5.10 Å². The van der Waals surface area contributed by atoms with Crippen molar-refractivity contribution in [2.24, 2.45) is 23.2 Å². The third-order valence-corrected chi connectivity index (χ3v) is 11.8. The molecule has 0 unspecified atom stereocenters. The van der Waals surface area contributed by atoms with Gasteiger partial charge in [-0.3, -0.25) is 19.2 Å². The average Bonchev–Trinajstić information content (AvgIpc) is 3.76. The number of nitrogens with one attached hydrogen (secondary N) is 2. The lowest BCUT2D eigenvalue weighted by atomic mass is 9.49. The van der Waals surface area contributed by atoms with Crippen molar-refractivity contribution in [3.63, 3.8) is 0 Å². The highest BCUT2D eigenvalue weighted by molar-refractivity contribution is 7.22. The molecule has 2 aromatic carbocycles. The summed E-state index contributed by atoms with van der Waals surface area (Å²) in [4.78, 5) is 35.3. The minimum atomic E-state index is -1.06. The second-order valence-electron chi connectivity index (χ2n) is 14.1. The lowest BCUT2D eigenvalue weighted by Crippen LogP contribution is -2.48. The molecule has 11 heteroatoms. The molecule has 0 radical (unpaired) electrons. The summed E-state index contributed by atoms with van der Waals surface area (Å²) in [5.41, 5.74) is 4.94. The Bertz CT molecular complexity index is 2180. The van der Waals surface area contributed by atoms with Gasteiger partial charge in [0.1, 0.15) is 11.4 Å². The number of nitrogens with zero attached hydrogens (tertiary/aromatic N) is 5. The normalized spacial score (nSPS) is 22.8. The number of carbonyl (C=O) groups excluding carboxylic acids is 1. The number of hydrogen-bond donors (Lipinski definition) is 3. The van der Waals surface area contributed by atoms with Crippen molar-refractivity contribution < 1.29 is 14.7 Å². The van der Waals surface area contributed by atoms with Gasteiger partial charge >= 0.3 is 5.97 Å². The molecule has 0 saturated heterocycles. The highest BCUT2D eigenvalue weighted by Gasteiger charge is 2.51. The second kappa shape index (κ2) is 11.0. The van der Waals surface area contributed by atoms with Gasteiger partial charge in [0.05, 0.1) is 33.9 Å². The molecule has 4 aromatic heterocycles. The molecule has 0 aliphatic heterocycles. The van der Waals surface area contributed by atoms with Crippen molar-refractivity contribution in [1.29, 1.82) is 0 Å². The van der Waals surface area contributed by atoms with Crippen molar-refractivity contribution >= 4 is 55.7 Å². The quantitative estimate of drug-likeness (QED) is 0.151. The first-order chi connectivity index (χ1) is 23.3. The summed E-state index contributed by atoms with van der Waals surface area (Å²) in [5.74, 6) is 1.74. The van der Waals surface area contributed by atoms with Gasteiger partial charge in [-0.15, -0.1) is 0 Å². The summed E-state index contributed by atoms with van der Waals surface area (Å²) in [5, 5.41) is 22.1. The topological polar surface area (TPSA) is 126 Å². The van der Waals surface area contributed by atoms with Gasteiger partial charge in [-0.05, 0) is 98.9 Å². The second-order valence-corrected chi connectivity index (χ2v) is 15.1. The number of hydrogen-bond acceptors (Lipinski definition) is 7. The lowest BCUT2D eigenvalue weighted by molar-refractivity contribution is -0.0638. The maximum absolute atomic E-state index is 13.4. The average molecular weight is 658 g/mol. The van der Waals surface area contributed by atoms with Crippen LogP contribution in [-0.4, -0.2) is 41.1 Å². The molecule has 1 amide bonds. The molecular weight excluding hydrogens is 623 g/mol. The van der Waals surface area contributed by atoms with E-state index in [-0.39, 0.29) is 11.5 Å². The monoisotopic (exact) mass is 657 g/mol. The Labute approximate surface area is 280 Å². The van der Waals surface area contributed by atoms with E-state index in [0.717, 1.165) is 45.8 Å². The van der Waals surface area contributed by atoms with Crippen LogP contribution < -0.4 is 10.6 Å². The van der Waals surface area contributed by atoms with Crippen LogP contribution in [0, 0.1) is 30.1 Å². The van der Waals surface area contributed by atoms with E-state index >= 15 is 0 Å². The van der Waals surface area contributed by atoms with Crippen LogP contribution in [0.4, 0.5) is 16.6 Å². The van der Waals surface area contributed by atoms with Gasteiger partial charge < -0.3 is 10.4 Å². The minimum absolute atomic E-state index is 0.116. The number of carboxylic acids is 1. The molecule has 4 fully saturated rings. The number of pyridine rings is 1. The standard InChI is InChI=1S/C37H35N7O3S/c1-21-27(18-39-44(21)20-37-15-22-12-23(16-37)14-24(13-22)17-37)25-10-11-43-31(19-38-33(43)32(25)35(46)47)40-28-7-3-2-6-26(28)34(45)42-36-41-29-8-4-5-9-30(29)48-36/h2-11,18-19,22-24,40H,12-17,20H2,1H3,(H,46,47)(H,41,42,45). The number of thiazole rings is 1. The van der Waals surface area contributed by atoms with E-state index in [2.05, 4.69) is 25.3 Å². The Hall–Kier alpha value is -5.03. The van der Waals surface area contributed by atoms with Crippen molar-refractivity contribution in [3.8, 4) is 11.1 Å². The van der Waals surface area contributed by atoms with Crippen LogP contribution in [0.2, 0.25) is 0 Å². The number of para-hydroxylation sites is 2. The number of rotatable bonds is 8. The molecule has 4 bridgehead atoms. The fourth-order valence-electron chi connectivity index (χ4n) is 9.27. The number of imidazole rings is 1. The molecule has 4 heterocycles. The van der Waals surface area contributed by atoms with Crippen molar-refractivity contribution in [3.05, 3.63) is 90.0 Å². The van der Waals surface area contributed by atoms with E-state index < -0.39 is 5.97 Å². The molecule has 4 saturated carbocycles. The predicted octanol–water partition coefficient (Wildman–Crippen LogP) is 8.03. The summed E-state index contributed by atoms with van der Waals surface area (Å²) >= 11 is 1.41. The number of amides is 1. The first kappa shape index (κ1) is 29.1. The summed E-state index contributed by atoms with van der Waals surface area (Å²) in [6, 6.07) is 16.7. The lowest BCUT2D eigenvalue weighted by Gasteiger charge is -2.56. The van der Waals surface area contributed by atoms with Gasteiger partial charge in [0.2, 0.25) is 0 Å². The van der Waals surface area contributed by atoms with E-state index in [1.807, 2.05) is 55.7 Å². The molecule has 4 aliphatic rings. The Morgan fingerprint density at radius 1 is 0.958 bits per heavy atom. The van der Waals surface area contributed by atoms with Crippen molar-refractivity contribution in [2.45, 2.75) is 52.0 Å². The zero-order chi connectivity index (χ0) is 32.6. The van der Waals surface area contributed by atoms with E-state index in [0.29, 0.717) is 38.8 Å². The molecule has 6 aromatic rings. The highest BCUT2D eigenvalue weighted by Crippen LogP contribution is 2.60. The van der Waals surface area contributed by atoms with E-state index in [1.54, 1.807) is 28.8 Å². The van der Waals surface area contributed by atoms with Crippen LogP contribution in [-0.2, 0) is 6.54 Å². The number of carboxylic acid groups (broad SMARTS) is 1. The molecule has 3 N–H and O–H groups in total. The number of fused-ring (bicyclic) bond motifs is 2. The third-order valence-electron chi connectivity index (χ3n) is 10.9. The summed E-state index contributed by atoms with van der Waals surface area (Å²) in [6.07, 6.45) is 13.3. The number of benzene rings is 2. The number of carbonyl (C=O) groups is 2. The molecule has 4 aliphatic carbocycles. The van der Waals surface area contributed by atoms with Crippen LogP contribution in [0.25, 0.3) is 27.0 Å². The van der Waals surface area contributed by atoms with Gasteiger partial charge in [-0.25, -0.2) is 14.8 Å². The van der Waals surface area contributed by atoms with Gasteiger partial charge in [-0.1, -0.05) is 35.6 Å². The fraction of sp³-hybridized carbons (Fsp3) is 0.324. The largest absolute Gasteiger partial charge is 0.478 e. The Kier molecular flexibility index (Phi) is 6.69. The SMILES string of the molecule is Cc1c(-c2ccn3c(Nc4ccccc4C(=O)Nc4nc5ccccc5s4)cnc3c2C(=O)O)cnn1CC12CC3CC(CC(C3)C1)C2. The fourth-order valence-corrected chi connectivity index (χ4v) is 10.1. The highest BCUT2D eigenvalue weighted by atomic mass is 32.1. The van der Waals surface area contributed by atoms with Crippen LogP contribution >= 0.6 is 11.3 Å². The number of anilines is 3. The van der Waals surface area contributed by atoms with Crippen LogP contribution in [0.5, 0.6) is 0 Å². The molecule has 242 valence electrons. The molecular formula is C37H35N7O3S. The summed E-state index contributed by atoms with van der Waals surface area (Å²) in [7, 11) is 0. The predicted molar refractivity (Wildman–Crippen MR) is 186 cm³/mol. The number of aromatic carboxylic acids is 1. The van der Waals surface area contributed by atoms with E-state index in [9.17, 15) is 14.7 Å². The smallest absolute Gasteiger partial charge is 0.340 e. The van der Waals surface area contributed by atoms with Crippen LogP contribution in [0.3, 0.4) is 0 Å². The maximum Gasteiger partial charge on any atom is 0.340 e. The minimum Gasteiger partial charge on any atom is -0.478 e. The maximum atomic E-state index is 13.4. The molecule has 0 atom stereocenters. The Morgan fingerprint density at radius 3 is 2.44 bits per heavy atom. The number of aromatic nitrogens is 5. The van der Waals surface area contributed by atoms with Gasteiger partial charge in [0.25, 0.3) is 5.91 Å². The first-order valence-electron chi connectivity index (χ1n) is 16.6. The third kappa shape index (κ3) is 4.87.